The summed E-state index contributed by atoms with van der Waals surface area (Å²) in [4.78, 5) is 22.3. The summed E-state index contributed by atoms with van der Waals surface area (Å²) in [6.45, 7) is 8.99. The Morgan fingerprint density at radius 1 is 1.25 bits per heavy atom. The van der Waals surface area contributed by atoms with Crippen LogP contribution in [0.5, 0.6) is 6.01 Å². The SMILES string of the molecule is CCOc1ncc(Nc2cc([C@@H](CC)CC(=O)O)ccc2N(CC)C2CCOCC2)cn1. The maximum absolute atomic E-state index is 11.4. The van der Waals surface area contributed by atoms with E-state index in [0.29, 0.717) is 18.7 Å². The molecular weight excluding hydrogens is 408 g/mol. The number of anilines is 3. The molecule has 174 valence electrons. The predicted octanol–water partition coefficient (Wildman–Crippen LogP) is 4.59. The van der Waals surface area contributed by atoms with E-state index in [1.165, 1.54) is 0 Å². The van der Waals surface area contributed by atoms with Gasteiger partial charge in [-0.2, -0.15) is 0 Å². The Kier molecular flexibility index (Phi) is 8.67. The Hall–Kier alpha value is -2.87. The summed E-state index contributed by atoms with van der Waals surface area (Å²) in [7, 11) is 0. The predicted molar refractivity (Wildman–Crippen MR) is 125 cm³/mol. The molecule has 32 heavy (non-hydrogen) atoms. The van der Waals surface area contributed by atoms with Gasteiger partial charge in [-0.3, -0.25) is 4.79 Å². The molecule has 3 rings (SSSR count). The largest absolute Gasteiger partial charge is 0.481 e. The Morgan fingerprint density at radius 2 is 1.97 bits per heavy atom. The molecule has 8 nitrogen and oxygen atoms in total. The number of hydrogen-bond donors (Lipinski definition) is 2. The summed E-state index contributed by atoms with van der Waals surface area (Å²) in [5, 5.41) is 12.8. The van der Waals surface area contributed by atoms with Crippen molar-refractivity contribution in [2.24, 2.45) is 0 Å². The van der Waals surface area contributed by atoms with Gasteiger partial charge in [0.25, 0.3) is 0 Å². The minimum absolute atomic E-state index is 0.0446. The van der Waals surface area contributed by atoms with Gasteiger partial charge in [0.1, 0.15) is 0 Å². The summed E-state index contributed by atoms with van der Waals surface area (Å²) in [6, 6.07) is 6.99. The van der Waals surface area contributed by atoms with Crippen LogP contribution in [0.2, 0.25) is 0 Å². The molecule has 1 fully saturated rings. The van der Waals surface area contributed by atoms with Gasteiger partial charge in [-0.05, 0) is 56.7 Å². The number of hydrogen-bond acceptors (Lipinski definition) is 7. The first-order chi connectivity index (χ1) is 15.5. The summed E-state index contributed by atoms with van der Waals surface area (Å²) >= 11 is 0. The van der Waals surface area contributed by atoms with Crippen LogP contribution < -0.4 is 15.0 Å². The molecule has 0 unspecified atom stereocenters. The van der Waals surface area contributed by atoms with Gasteiger partial charge in [-0.1, -0.05) is 13.0 Å². The minimum atomic E-state index is -0.785. The lowest BCUT2D eigenvalue weighted by molar-refractivity contribution is -0.137. The normalized spacial score (nSPS) is 15.2. The highest BCUT2D eigenvalue weighted by Crippen LogP contribution is 2.36. The van der Waals surface area contributed by atoms with Crippen molar-refractivity contribution in [1.29, 1.82) is 0 Å². The molecular formula is C24H34N4O4. The van der Waals surface area contributed by atoms with Gasteiger partial charge in [0.2, 0.25) is 0 Å². The topological polar surface area (TPSA) is 96.8 Å². The van der Waals surface area contributed by atoms with Crippen molar-refractivity contribution in [3.8, 4) is 6.01 Å². The zero-order chi connectivity index (χ0) is 22.9. The van der Waals surface area contributed by atoms with E-state index in [2.05, 4.69) is 45.3 Å². The number of carboxylic acids is 1. The number of aromatic nitrogens is 2. The van der Waals surface area contributed by atoms with Crippen LogP contribution in [-0.4, -0.2) is 53.5 Å². The number of nitrogens with zero attached hydrogens (tertiary/aromatic N) is 3. The Morgan fingerprint density at radius 3 is 2.56 bits per heavy atom. The quantitative estimate of drug-likeness (QED) is 0.521. The monoisotopic (exact) mass is 442 g/mol. The number of carboxylic acid groups (broad SMARTS) is 1. The Bertz CT molecular complexity index is 869. The van der Waals surface area contributed by atoms with Gasteiger partial charge in [-0.25, -0.2) is 9.97 Å². The molecule has 0 bridgehead atoms. The lowest BCUT2D eigenvalue weighted by Crippen LogP contribution is -2.39. The van der Waals surface area contributed by atoms with E-state index in [-0.39, 0.29) is 12.3 Å². The average molecular weight is 443 g/mol. The van der Waals surface area contributed by atoms with Crippen molar-refractivity contribution >= 4 is 23.0 Å². The number of benzene rings is 1. The second-order valence-electron chi connectivity index (χ2n) is 7.92. The van der Waals surface area contributed by atoms with Crippen molar-refractivity contribution in [1.82, 2.24) is 9.97 Å². The van der Waals surface area contributed by atoms with Crippen molar-refractivity contribution in [2.45, 2.75) is 58.4 Å². The second kappa shape index (κ2) is 11.7. The molecule has 1 aromatic carbocycles. The molecule has 0 radical (unpaired) electrons. The second-order valence-corrected chi connectivity index (χ2v) is 7.92. The van der Waals surface area contributed by atoms with Crippen molar-refractivity contribution in [2.75, 3.05) is 36.6 Å². The molecule has 0 spiro atoms. The van der Waals surface area contributed by atoms with Gasteiger partial charge < -0.3 is 24.8 Å². The van der Waals surface area contributed by atoms with Crippen LogP contribution in [0, 0.1) is 0 Å². The van der Waals surface area contributed by atoms with Crippen LogP contribution >= 0.6 is 0 Å². The zero-order valence-electron chi connectivity index (χ0n) is 19.2. The van der Waals surface area contributed by atoms with Gasteiger partial charge in [0.05, 0.1) is 42.5 Å². The van der Waals surface area contributed by atoms with E-state index in [1.807, 2.05) is 13.8 Å². The highest BCUT2D eigenvalue weighted by atomic mass is 16.5. The van der Waals surface area contributed by atoms with Gasteiger partial charge >= 0.3 is 12.0 Å². The molecule has 1 saturated heterocycles. The van der Waals surface area contributed by atoms with E-state index in [0.717, 1.165) is 61.6 Å². The molecule has 0 aliphatic carbocycles. The smallest absolute Gasteiger partial charge is 0.316 e. The van der Waals surface area contributed by atoms with Gasteiger partial charge in [0, 0.05) is 25.8 Å². The van der Waals surface area contributed by atoms with Crippen LogP contribution in [0.1, 0.15) is 57.9 Å². The Balaban J connectivity index is 1.96. The lowest BCUT2D eigenvalue weighted by Gasteiger charge is -2.36. The van der Waals surface area contributed by atoms with E-state index < -0.39 is 5.97 Å². The van der Waals surface area contributed by atoms with Crippen LogP contribution in [0.3, 0.4) is 0 Å². The number of ether oxygens (including phenoxy) is 2. The standard InChI is InChI=1S/C24H34N4O4/c1-4-17(14-23(29)30)18-7-8-22(28(5-2)20-9-11-31-12-10-20)21(13-18)27-19-15-25-24(26-16-19)32-6-3/h7-8,13,15-17,20,27H,4-6,9-12,14H2,1-3H3,(H,29,30)/t17-/m0/s1. The lowest BCUT2D eigenvalue weighted by atomic mass is 9.92. The fraction of sp³-hybridized carbons (Fsp3) is 0.542. The molecule has 1 aliphatic rings. The molecule has 0 amide bonds. The third-order valence-electron chi connectivity index (χ3n) is 5.87. The fourth-order valence-electron chi connectivity index (χ4n) is 4.23. The molecule has 1 atom stereocenters. The summed E-state index contributed by atoms with van der Waals surface area (Å²) in [6.07, 6.45) is 6.24. The van der Waals surface area contributed by atoms with Crippen molar-refractivity contribution in [3.05, 3.63) is 36.2 Å². The van der Waals surface area contributed by atoms with Gasteiger partial charge in [-0.15, -0.1) is 0 Å². The van der Waals surface area contributed by atoms with Crippen LogP contribution in [0.4, 0.5) is 17.1 Å². The number of nitrogens with one attached hydrogen (secondary N) is 1. The maximum atomic E-state index is 11.4. The first kappa shape index (κ1) is 23.8. The molecule has 1 aliphatic heterocycles. The fourth-order valence-corrected chi connectivity index (χ4v) is 4.23. The summed E-state index contributed by atoms with van der Waals surface area (Å²) in [5.41, 5.74) is 3.77. The van der Waals surface area contributed by atoms with E-state index in [9.17, 15) is 9.90 Å². The molecule has 2 aromatic rings. The van der Waals surface area contributed by atoms with Crippen molar-refractivity contribution in [3.63, 3.8) is 0 Å². The molecule has 1 aromatic heterocycles. The Labute approximate surface area is 190 Å². The van der Waals surface area contributed by atoms with E-state index >= 15 is 0 Å². The number of rotatable bonds is 11. The third kappa shape index (κ3) is 6.09. The van der Waals surface area contributed by atoms with Crippen molar-refractivity contribution < 1.29 is 19.4 Å². The summed E-state index contributed by atoms with van der Waals surface area (Å²) in [5.74, 6) is -0.829. The maximum Gasteiger partial charge on any atom is 0.316 e. The highest BCUT2D eigenvalue weighted by Gasteiger charge is 2.24. The summed E-state index contributed by atoms with van der Waals surface area (Å²) < 4.78 is 10.9. The first-order valence-corrected chi connectivity index (χ1v) is 11.5. The highest BCUT2D eigenvalue weighted by molar-refractivity contribution is 5.77. The molecule has 0 saturated carbocycles. The molecule has 2 heterocycles. The number of carbonyl (C=O) groups is 1. The van der Waals surface area contributed by atoms with Crippen LogP contribution in [0.25, 0.3) is 0 Å². The zero-order valence-corrected chi connectivity index (χ0v) is 19.2. The molecule has 8 heteroatoms. The van der Waals surface area contributed by atoms with Gasteiger partial charge in [0.15, 0.2) is 0 Å². The van der Waals surface area contributed by atoms with Crippen LogP contribution in [0.15, 0.2) is 30.6 Å². The van der Waals surface area contributed by atoms with E-state index in [4.69, 9.17) is 9.47 Å². The third-order valence-corrected chi connectivity index (χ3v) is 5.87. The number of aliphatic carboxylic acids is 1. The first-order valence-electron chi connectivity index (χ1n) is 11.5. The average Bonchev–Trinajstić information content (AvgIpc) is 2.81. The van der Waals surface area contributed by atoms with Crippen LogP contribution in [-0.2, 0) is 9.53 Å². The minimum Gasteiger partial charge on any atom is -0.481 e. The molecule has 2 N–H and O–H groups in total. The van der Waals surface area contributed by atoms with E-state index in [1.54, 1.807) is 12.4 Å².